The molecule has 1 aliphatic carbocycles. The second-order valence-electron chi connectivity index (χ2n) is 5.98. The van der Waals surface area contributed by atoms with E-state index in [2.05, 4.69) is 20.8 Å². The van der Waals surface area contributed by atoms with Crippen molar-refractivity contribution < 1.29 is 17.9 Å². The second-order valence-corrected chi connectivity index (χ2v) is 5.98. The molecule has 0 radical (unpaired) electrons. The first-order chi connectivity index (χ1) is 8.15. The lowest BCUT2D eigenvalue weighted by Crippen LogP contribution is -2.46. The van der Waals surface area contributed by atoms with Crippen LogP contribution in [-0.4, -0.2) is 24.9 Å². The highest BCUT2D eigenvalue weighted by Gasteiger charge is 2.38. The van der Waals surface area contributed by atoms with Gasteiger partial charge in [-0.15, -0.1) is 0 Å². The lowest BCUT2D eigenvalue weighted by atomic mass is 9.68. The van der Waals surface area contributed by atoms with E-state index in [4.69, 9.17) is 10.5 Å². The highest BCUT2D eigenvalue weighted by Crippen LogP contribution is 2.41. The van der Waals surface area contributed by atoms with Gasteiger partial charge in [0, 0.05) is 6.04 Å². The number of nitrogens with two attached hydrogens (primary N) is 1. The summed E-state index contributed by atoms with van der Waals surface area (Å²) in [5, 5.41) is 0. The normalized spacial score (nSPS) is 30.5. The maximum atomic E-state index is 12.2. The molecule has 2 N–H and O–H groups in total. The van der Waals surface area contributed by atoms with Gasteiger partial charge >= 0.3 is 6.18 Å². The molecule has 2 nitrogen and oxygen atoms in total. The van der Waals surface area contributed by atoms with Crippen molar-refractivity contribution in [3.05, 3.63) is 0 Å². The molecule has 18 heavy (non-hydrogen) atoms. The molecule has 3 atom stereocenters. The Balaban J connectivity index is 2.56. The SMILES string of the molecule is CCC(C)(C)C1CCC(N)C(OCC(F)(F)F)C1. The third kappa shape index (κ3) is 4.43. The summed E-state index contributed by atoms with van der Waals surface area (Å²) in [4.78, 5) is 0. The fraction of sp³-hybridized carbons (Fsp3) is 1.00. The molecule has 0 aromatic heterocycles. The van der Waals surface area contributed by atoms with Crippen LogP contribution in [0.4, 0.5) is 13.2 Å². The molecule has 0 heterocycles. The quantitative estimate of drug-likeness (QED) is 0.846. The van der Waals surface area contributed by atoms with E-state index in [1.54, 1.807) is 0 Å². The summed E-state index contributed by atoms with van der Waals surface area (Å²) in [6.45, 7) is 5.25. The Morgan fingerprint density at radius 3 is 2.33 bits per heavy atom. The maximum absolute atomic E-state index is 12.2. The van der Waals surface area contributed by atoms with Gasteiger partial charge in [0.05, 0.1) is 6.10 Å². The highest BCUT2D eigenvalue weighted by atomic mass is 19.4. The predicted octanol–water partition coefficient (Wildman–Crippen LogP) is 3.50. The van der Waals surface area contributed by atoms with Crippen LogP contribution >= 0.6 is 0 Å². The zero-order valence-corrected chi connectivity index (χ0v) is 11.4. The highest BCUT2D eigenvalue weighted by molar-refractivity contribution is 4.89. The van der Waals surface area contributed by atoms with E-state index in [1.165, 1.54) is 0 Å². The number of hydrogen-bond donors (Lipinski definition) is 1. The van der Waals surface area contributed by atoms with Crippen molar-refractivity contribution in [2.45, 2.75) is 64.8 Å². The summed E-state index contributed by atoms with van der Waals surface area (Å²) in [7, 11) is 0. The molecule has 108 valence electrons. The molecular formula is C13H24F3NO. The number of alkyl halides is 3. The molecule has 0 bridgehead atoms. The van der Waals surface area contributed by atoms with Gasteiger partial charge in [-0.3, -0.25) is 0 Å². The number of halogens is 3. The van der Waals surface area contributed by atoms with Gasteiger partial charge in [0.1, 0.15) is 6.61 Å². The van der Waals surface area contributed by atoms with Gasteiger partial charge < -0.3 is 10.5 Å². The third-order valence-corrected chi connectivity index (χ3v) is 4.32. The summed E-state index contributed by atoms with van der Waals surface area (Å²) >= 11 is 0. The van der Waals surface area contributed by atoms with Crippen LogP contribution in [-0.2, 0) is 4.74 Å². The molecule has 1 fully saturated rings. The van der Waals surface area contributed by atoms with Crippen molar-refractivity contribution in [2.75, 3.05) is 6.61 Å². The lowest BCUT2D eigenvalue weighted by molar-refractivity contribution is -0.192. The Kier molecular flexibility index (Phi) is 5.06. The van der Waals surface area contributed by atoms with Gasteiger partial charge in [0.2, 0.25) is 0 Å². The predicted molar refractivity (Wildman–Crippen MR) is 65.2 cm³/mol. The summed E-state index contributed by atoms with van der Waals surface area (Å²) in [6.07, 6.45) is -1.36. The van der Waals surface area contributed by atoms with Crippen molar-refractivity contribution in [3.8, 4) is 0 Å². The fourth-order valence-corrected chi connectivity index (χ4v) is 2.54. The van der Waals surface area contributed by atoms with E-state index in [9.17, 15) is 13.2 Å². The van der Waals surface area contributed by atoms with Crippen molar-refractivity contribution >= 4 is 0 Å². The Morgan fingerprint density at radius 2 is 1.83 bits per heavy atom. The molecular weight excluding hydrogens is 243 g/mol. The van der Waals surface area contributed by atoms with Crippen molar-refractivity contribution in [2.24, 2.45) is 17.1 Å². The van der Waals surface area contributed by atoms with Crippen LogP contribution in [0.2, 0.25) is 0 Å². The van der Waals surface area contributed by atoms with Crippen LogP contribution < -0.4 is 5.73 Å². The van der Waals surface area contributed by atoms with E-state index in [0.29, 0.717) is 12.3 Å². The second kappa shape index (κ2) is 5.78. The molecule has 0 aliphatic heterocycles. The zero-order valence-electron chi connectivity index (χ0n) is 11.4. The van der Waals surface area contributed by atoms with Crippen LogP contribution in [0.15, 0.2) is 0 Å². The smallest absolute Gasteiger partial charge is 0.367 e. The first-order valence-corrected chi connectivity index (χ1v) is 6.59. The average Bonchev–Trinajstić information content (AvgIpc) is 2.26. The number of hydrogen-bond acceptors (Lipinski definition) is 2. The van der Waals surface area contributed by atoms with Gasteiger partial charge in [-0.25, -0.2) is 0 Å². The van der Waals surface area contributed by atoms with Gasteiger partial charge in [0.25, 0.3) is 0 Å². The number of rotatable bonds is 4. The monoisotopic (exact) mass is 267 g/mol. The average molecular weight is 267 g/mol. The van der Waals surface area contributed by atoms with Gasteiger partial charge in [-0.05, 0) is 30.6 Å². The minimum absolute atomic E-state index is 0.139. The van der Waals surface area contributed by atoms with Crippen LogP contribution in [0.5, 0.6) is 0 Å². The molecule has 3 unspecified atom stereocenters. The van der Waals surface area contributed by atoms with Crippen molar-refractivity contribution in [1.29, 1.82) is 0 Å². The van der Waals surface area contributed by atoms with E-state index in [1.807, 2.05) is 0 Å². The summed E-state index contributed by atoms with van der Waals surface area (Å²) in [5.74, 6) is 0.389. The third-order valence-electron chi connectivity index (χ3n) is 4.32. The molecule has 0 spiro atoms. The summed E-state index contributed by atoms with van der Waals surface area (Å²) in [6, 6.07) is -0.267. The molecule has 0 aromatic carbocycles. The van der Waals surface area contributed by atoms with E-state index < -0.39 is 18.9 Å². The number of ether oxygens (including phenoxy) is 1. The molecule has 0 aromatic rings. The Bertz CT molecular complexity index is 265. The topological polar surface area (TPSA) is 35.2 Å². The molecule has 1 saturated carbocycles. The first kappa shape index (κ1) is 15.8. The van der Waals surface area contributed by atoms with E-state index in [0.717, 1.165) is 19.3 Å². The van der Waals surface area contributed by atoms with Crippen LogP contribution in [0, 0.1) is 11.3 Å². The Labute approximate surface area is 107 Å². The first-order valence-electron chi connectivity index (χ1n) is 6.59. The van der Waals surface area contributed by atoms with Crippen molar-refractivity contribution in [3.63, 3.8) is 0 Å². The van der Waals surface area contributed by atoms with Crippen LogP contribution in [0.1, 0.15) is 46.5 Å². The summed E-state index contributed by atoms with van der Waals surface area (Å²) in [5.41, 5.74) is 6.00. The largest absolute Gasteiger partial charge is 0.411 e. The Hall–Kier alpha value is -0.290. The van der Waals surface area contributed by atoms with Crippen LogP contribution in [0.25, 0.3) is 0 Å². The minimum Gasteiger partial charge on any atom is -0.367 e. The van der Waals surface area contributed by atoms with Crippen LogP contribution in [0.3, 0.4) is 0 Å². The fourth-order valence-electron chi connectivity index (χ4n) is 2.54. The van der Waals surface area contributed by atoms with Gasteiger partial charge in [0.15, 0.2) is 0 Å². The molecule has 0 amide bonds. The standard InChI is InChI=1S/C13H24F3NO/c1-4-12(2,3)9-5-6-10(17)11(7-9)18-8-13(14,15)16/h9-11H,4-8,17H2,1-3H3. The summed E-state index contributed by atoms with van der Waals surface area (Å²) < 4.78 is 41.5. The zero-order chi connectivity index (χ0) is 14.0. The van der Waals surface area contributed by atoms with Crippen molar-refractivity contribution in [1.82, 2.24) is 0 Å². The van der Waals surface area contributed by atoms with E-state index >= 15 is 0 Å². The minimum atomic E-state index is -4.27. The molecule has 1 aliphatic rings. The molecule has 5 heteroatoms. The van der Waals surface area contributed by atoms with E-state index in [-0.39, 0.29) is 11.5 Å². The van der Waals surface area contributed by atoms with Gasteiger partial charge in [-0.2, -0.15) is 13.2 Å². The lowest BCUT2D eigenvalue weighted by Gasteiger charge is -2.41. The molecule has 0 saturated heterocycles. The Morgan fingerprint density at radius 1 is 1.22 bits per heavy atom. The molecule has 1 rings (SSSR count). The maximum Gasteiger partial charge on any atom is 0.411 e. The van der Waals surface area contributed by atoms with Gasteiger partial charge in [-0.1, -0.05) is 27.2 Å².